The molecule has 1 rings (SSSR count). The summed E-state index contributed by atoms with van der Waals surface area (Å²) in [5, 5.41) is 8.44. The van der Waals surface area contributed by atoms with Crippen LogP contribution in [0.2, 0.25) is 0 Å². The number of anilines is 1. The van der Waals surface area contributed by atoms with Crippen LogP contribution in [0.5, 0.6) is 0 Å². The third kappa shape index (κ3) is 3.49. The minimum Gasteiger partial charge on any atom is -0.496 e. The lowest BCUT2D eigenvalue weighted by molar-refractivity contribution is -0.131. The van der Waals surface area contributed by atoms with Gasteiger partial charge in [0.1, 0.15) is 5.76 Å². The van der Waals surface area contributed by atoms with Crippen molar-refractivity contribution in [3.63, 3.8) is 0 Å². The van der Waals surface area contributed by atoms with Crippen molar-refractivity contribution in [2.45, 2.75) is 0 Å². The van der Waals surface area contributed by atoms with Crippen LogP contribution in [0.1, 0.15) is 5.56 Å². The molecule has 1 aromatic rings. The van der Waals surface area contributed by atoms with Crippen molar-refractivity contribution in [2.75, 3.05) is 12.8 Å². The highest BCUT2D eigenvalue weighted by molar-refractivity contribution is 5.80. The number of carboxylic acids is 1. The Labute approximate surface area is 93.7 Å². The summed E-state index contributed by atoms with van der Waals surface area (Å²) in [5.74, 6) is -0.441. The average molecular weight is 219 g/mol. The lowest BCUT2D eigenvalue weighted by Crippen LogP contribution is -1.90. The summed E-state index contributed by atoms with van der Waals surface area (Å²) in [6, 6.07) is 7.16. The van der Waals surface area contributed by atoms with Crippen molar-refractivity contribution in [3.05, 3.63) is 48.1 Å². The number of methoxy groups -OCH3 is 1. The number of nitrogens with two attached hydrogens (primary N) is 1. The third-order valence-corrected chi connectivity index (χ3v) is 1.88. The summed E-state index contributed by atoms with van der Waals surface area (Å²) in [7, 11) is 1.52. The van der Waals surface area contributed by atoms with E-state index in [2.05, 4.69) is 0 Å². The first-order chi connectivity index (χ1) is 7.63. The summed E-state index contributed by atoms with van der Waals surface area (Å²) in [4.78, 5) is 10.3. The Morgan fingerprint density at radius 1 is 1.50 bits per heavy atom. The Morgan fingerprint density at radius 2 is 2.25 bits per heavy atom. The van der Waals surface area contributed by atoms with Crippen LogP contribution >= 0.6 is 0 Å². The summed E-state index contributed by atoms with van der Waals surface area (Å²) in [6.07, 6.45) is 4.01. The lowest BCUT2D eigenvalue weighted by Gasteiger charge is -2.05. The molecule has 0 fully saturated rings. The number of allylic oxidation sites excluding steroid dienone is 2. The second-order valence-corrected chi connectivity index (χ2v) is 3.06. The van der Waals surface area contributed by atoms with E-state index in [9.17, 15) is 4.79 Å². The fourth-order valence-corrected chi connectivity index (χ4v) is 1.19. The van der Waals surface area contributed by atoms with Crippen LogP contribution in [0, 0.1) is 0 Å². The van der Waals surface area contributed by atoms with E-state index < -0.39 is 5.97 Å². The maximum absolute atomic E-state index is 10.3. The van der Waals surface area contributed by atoms with Gasteiger partial charge in [0.05, 0.1) is 7.11 Å². The normalized spacial score (nSPS) is 11.7. The van der Waals surface area contributed by atoms with Crippen LogP contribution in [0.4, 0.5) is 5.69 Å². The molecule has 0 aliphatic carbocycles. The number of carboxylic acid groups (broad SMARTS) is 1. The fraction of sp³-hybridized carbons (Fsp3) is 0.0833. The summed E-state index contributed by atoms with van der Waals surface area (Å²) in [6.45, 7) is 0. The smallest absolute Gasteiger partial charge is 0.328 e. The molecular formula is C12H13NO3. The first kappa shape index (κ1) is 11.8. The highest BCUT2D eigenvalue weighted by atomic mass is 16.5. The van der Waals surface area contributed by atoms with Crippen LogP contribution in [0.25, 0.3) is 5.76 Å². The highest BCUT2D eigenvalue weighted by Crippen LogP contribution is 2.17. The molecule has 1 aromatic carbocycles. The molecule has 0 aromatic heterocycles. The maximum Gasteiger partial charge on any atom is 0.328 e. The number of aliphatic carboxylic acids is 1. The molecule has 0 spiro atoms. The van der Waals surface area contributed by atoms with E-state index in [1.807, 2.05) is 6.07 Å². The minimum atomic E-state index is -1.00. The number of hydrogen-bond acceptors (Lipinski definition) is 3. The Hall–Kier alpha value is -2.23. The van der Waals surface area contributed by atoms with E-state index in [0.717, 1.165) is 11.6 Å². The molecule has 4 heteroatoms. The van der Waals surface area contributed by atoms with E-state index in [1.54, 1.807) is 24.3 Å². The van der Waals surface area contributed by atoms with Crippen molar-refractivity contribution < 1.29 is 14.6 Å². The predicted molar refractivity (Wildman–Crippen MR) is 62.6 cm³/mol. The Bertz CT molecular complexity index is 436. The van der Waals surface area contributed by atoms with E-state index in [0.29, 0.717) is 11.4 Å². The highest BCUT2D eigenvalue weighted by Gasteiger charge is 1.99. The first-order valence-corrected chi connectivity index (χ1v) is 4.64. The van der Waals surface area contributed by atoms with Crippen LogP contribution < -0.4 is 5.73 Å². The van der Waals surface area contributed by atoms with Gasteiger partial charge in [0.25, 0.3) is 0 Å². The van der Waals surface area contributed by atoms with Crippen LogP contribution in [0.15, 0.2) is 42.5 Å². The minimum absolute atomic E-state index is 0.560. The molecule has 0 aliphatic rings. The molecule has 0 atom stereocenters. The van der Waals surface area contributed by atoms with Gasteiger partial charge in [-0.05, 0) is 18.2 Å². The molecule has 16 heavy (non-hydrogen) atoms. The van der Waals surface area contributed by atoms with Crippen LogP contribution in [0.3, 0.4) is 0 Å². The third-order valence-electron chi connectivity index (χ3n) is 1.88. The van der Waals surface area contributed by atoms with Crippen molar-refractivity contribution in [2.24, 2.45) is 0 Å². The number of rotatable bonds is 4. The molecule has 0 saturated carbocycles. The van der Waals surface area contributed by atoms with Crippen LogP contribution in [-0.4, -0.2) is 18.2 Å². The zero-order chi connectivity index (χ0) is 12.0. The second-order valence-electron chi connectivity index (χ2n) is 3.06. The number of nitrogen functional groups attached to an aromatic ring is 1. The molecular weight excluding hydrogens is 206 g/mol. The van der Waals surface area contributed by atoms with E-state index in [1.165, 1.54) is 13.2 Å². The topological polar surface area (TPSA) is 72.5 Å². The van der Waals surface area contributed by atoms with Crippen molar-refractivity contribution in [1.82, 2.24) is 0 Å². The molecule has 0 aliphatic heterocycles. The van der Waals surface area contributed by atoms with E-state index >= 15 is 0 Å². The van der Waals surface area contributed by atoms with E-state index in [-0.39, 0.29) is 0 Å². The monoisotopic (exact) mass is 219 g/mol. The maximum atomic E-state index is 10.3. The number of ether oxygens (including phenoxy) is 1. The second kappa shape index (κ2) is 5.60. The Morgan fingerprint density at radius 3 is 2.81 bits per heavy atom. The Kier molecular flexibility index (Phi) is 4.15. The van der Waals surface area contributed by atoms with Crippen molar-refractivity contribution in [3.8, 4) is 0 Å². The molecule has 4 nitrogen and oxygen atoms in total. The van der Waals surface area contributed by atoms with Gasteiger partial charge >= 0.3 is 5.97 Å². The fourth-order valence-electron chi connectivity index (χ4n) is 1.19. The van der Waals surface area contributed by atoms with Crippen molar-refractivity contribution in [1.29, 1.82) is 0 Å². The SMILES string of the molecule is CO/C(=C\C=C\C(=O)O)c1cccc(N)c1. The summed E-state index contributed by atoms with van der Waals surface area (Å²) >= 11 is 0. The number of carbonyl (C=O) groups is 1. The molecule has 0 saturated heterocycles. The summed E-state index contributed by atoms with van der Waals surface area (Å²) < 4.78 is 5.13. The Balaban J connectivity index is 2.94. The molecule has 84 valence electrons. The number of benzene rings is 1. The zero-order valence-electron chi connectivity index (χ0n) is 8.88. The van der Waals surface area contributed by atoms with Crippen molar-refractivity contribution >= 4 is 17.4 Å². The molecule has 0 amide bonds. The standard InChI is InChI=1S/C12H13NO3/c1-16-11(6-3-7-12(14)15)9-4-2-5-10(13)8-9/h2-8H,13H2,1H3,(H,14,15)/b7-3+,11-6-. The molecule has 0 radical (unpaired) electrons. The molecule has 0 heterocycles. The van der Waals surface area contributed by atoms with Crippen LogP contribution in [-0.2, 0) is 9.53 Å². The lowest BCUT2D eigenvalue weighted by atomic mass is 10.1. The van der Waals surface area contributed by atoms with Gasteiger partial charge in [-0.25, -0.2) is 4.79 Å². The van der Waals surface area contributed by atoms with Gasteiger partial charge in [-0.15, -0.1) is 0 Å². The molecule has 0 bridgehead atoms. The first-order valence-electron chi connectivity index (χ1n) is 4.64. The quantitative estimate of drug-likeness (QED) is 0.351. The molecule has 3 N–H and O–H groups in total. The zero-order valence-corrected chi connectivity index (χ0v) is 8.88. The predicted octanol–water partition coefficient (Wildman–Crippen LogP) is 1.90. The average Bonchev–Trinajstić information content (AvgIpc) is 2.24. The largest absolute Gasteiger partial charge is 0.496 e. The van der Waals surface area contributed by atoms with Gasteiger partial charge in [-0.3, -0.25) is 0 Å². The molecule has 0 unspecified atom stereocenters. The summed E-state index contributed by atoms with van der Waals surface area (Å²) in [5.41, 5.74) is 7.06. The van der Waals surface area contributed by atoms with Gasteiger partial charge in [0.2, 0.25) is 0 Å². The van der Waals surface area contributed by atoms with Gasteiger partial charge in [0, 0.05) is 17.3 Å². The number of hydrogen-bond donors (Lipinski definition) is 2. The van der Waals surface area contributed by atoms with Gasteiger partial charge in [-0.2, -0.15) is 0 Å². The van der Waals surface area contributed by atoms with Gasteiger partial charge in [0.15, 0.2) is 0 Å². The van der Waals surface area contributed by atoms with Gasteiger partial charge in [-0.1, -0.05) is 18.2 Å². The van der Waals surface area contributed by atoms with Gasteiger partial charge < -0.3 is 15.6 Å². The van der Waals surface area contributed by atoms with E-state index in [4.69, 9.17) is 15.6 Å².